The van der Waals surface area contributed by atoms with Crippen molar-refractivity contribution in [1.29, 1.82) is 0 Å². The maximum absolute atomic E-state index is 13.2. The first-order chi connectivity index (χ1) is 30.3. The zero-order valence-electron chi connectivity index (χ0n) is 36.6. The Morgan fingerprint density at radius 1 is 0.714 bits per heavy atom. The van der Waals surface area contributed by atoms with Gasteiger partial charge in [-0.2, -0.15) is 10.2 Å². The summed E-state index contributed by atoms with van der Waals surface area (Å²) in [6.07, 6.45) is 4.63. The molecular formula is C46H59ClF2N8O6. The minimum Gasteiger partial charge on any atom is -0.466 e. The first kappa shape index (κ1) is 47.3. The Hall–Kier alpha value is -5.19. The monoisotopic (exact) mass is 892 g/mol. The van der Waals surface area contributed by atoms with Gasteiger partial charge in [-0.1, -0.05) is 24.3 Å². The fourth-order valence-electron chi connectivity index (χ4n) is 8.34. The highest BCUT2D eigenvalue weighted by molar-refractivity contribution is 6.27. The smallest absolute Gasteiger partial charge is 0.309 e. The minimum absolute atomic E-state index is 0.000411. The van der Waals surface area contributed by atoms with Crippen molar-refractivity contribution in [3.63, 3.8) is 0 Å². The van der Waals surface area contributed by atoms with Crippen LogP contribution in [0.15, 0.2) is 48.5 Å². The first-order valence-electron chi connectivity index (χ1n) is 21.8. The summed E-state index contributed by atoms with van der Waals surface area (Å²) >= 11 is 5.65. The molecule has 4 heterocycles. The van der Waals surface area contributed by atoms with Crippen LogP contribution in [0.5, 0.6) is 0 Å². The Morgan fingerprint density at radius 2 is 1.14 bits per heavy atom. The summed E-state index contributed by atoms with van der Waals surface area (Å²) in [5.74, 6) is -0.682. The molecule has 0 spiro atoms. The van der Waals surface area contributed by atoms with Crippen molar-refractivity contribution in [2.24, 2.45) is 17.6 Å². The van der Waals surface area contributed by atoms with Gasteiger partial charge in [0, 0.05) is 25.2 Å². The third kappa shape index (κ3) is 12.3. The van der Waals surface area contributed by atoms with Crippen molar-refractivity contribution in [3.8, 4) is 0 Å². The molecule has 0 saturated heterocycles. The summed E-state index contributed by atoms with van der Waals surface area (Å²) in [5.41, 5.74) is 13.9. The number of halogens is 3. The molecule has 0 radical (unpaired) electrons. The fourth-order valence-corrected chi connectivity index (χ4v) is 8.51. The SMILES string of the molecule is CCOC(=O)C1CC(N)C1.CCOC(=O)C1CC(NCC(=O)N2CCc3c(C)nn(Cc4ccc(F)cc4)c3C2)C1.Cc1nn(Cc2ccc(F)cc2)c2c1CCN(C(=O)CCl)C2. The lowest BCUT2D eigenvalue weighted by Gasteiger charge is -2.35. The molecule has 2 aromatic carbocycles. The number of alkyl halides is 1. The highest BCUT2D eigenvalue weighted by Crippen LogP contribution is 2.29. The number of nitrogens with two attached hydrogens (primary N) is 1. The summed E-state index contributed by atoms with van der Waals surface area (Å²) in [7, 11) is 0. The Morgan fingerprint density at radius 3 is 1.56 bits per heavy atom. The average molecular weight is 893 g/mol. The van der Waals surface area contributed by atoms with E-state index in [-0.39, 0.29) is 71.7 Å². The van der Waals surface area contributed by atoms with Crippen LogP contribution in [0.3, 0.4) is 0 Å². The Labute approximate surface area is 372 Å². The molecule has 2 amide bonds. The van der Waals surface area contributed by atoms with E-state index in [4.69, 9.17) is 26.8 Å². The maximum atomic E-state index is 13.2. The Bertz CT molecular complexity index is 2200. The zero-order chi connectivity index (χ0) is 45.2. The maximum Gasteiger partial charge on any atom is 0.309 e. The summed E-state index contributed by atoms with van der Waals surface area (Å²) in [6.45, 7) is 12.3. The van der Waals surface area contributed by atoms with Gasteiger partial charge in [0.05, 0.1) is 80.5 Å². The van der Waals surface area contributed by atoms with Gasteiger partial charge in [-0.25, -0.2) is 8.78 Å². The van der Waals surface area contributed by atoms with E-state index in [9.17, 15) is 28.0 Å². The molecular weight excluding hydrogens is 834 g/mol. The number of carbonyl (C=O) groups excluding carboxylic acids is 4. The van der Waals surface area contributed by atoms with Gasteiger partial charge in [0.2, 0.25) is 11.8 Å². The van der Waals surface area contributed by atoms with Crippen LogP contribution in [0.25, 0.3) is 0 Å². The number of nitrogens with one attached hydrogen (secondary N) is 1. The molecule has 14 nitrogen and oxygen atoms in total. The van der Waals surface area contributed by atoms with Gasteiger partial charge < -0.3 is 30.3 Å². The van der Waals surface area contributed by atoms with Gasteiger partial charge in [0.25, 0.3) is 0 Å². The van der Waals surface area contributed by atoms with Gasteiger partial charge in [-0.3, -0.25) is 28.5 Å². The number of esters is 2. The van der Waals surface area contributed by atoms with E-state index in [1.54, 1.807) is 29.2 Å². The molecule has 2 fully saturated rings. The van der Waals surface area contributed by atoms with Gasteiger partial charge >= 0.3 is 11.9 Å². The van der Waals surface area contributed by atoms with Crippen LogP contribution in [-0.4, -0.2) is 104 Å². The highest BCUT2D eigenvalue weighted by Gasteiger charge is 2.36. The molecule has 0 bridgehead atoms. The molecule has 0 unspecified atom stereocenters. The number of rotatable bonds is 12. The topological polar surface area (TPSA) is 167 Å². The number of nitrogens with zero attached hydrogens (tertiary/aromatic N) is 6. The van der Waals surface area contributed by atoms with Gasteiger partial charge in [0.1, 0.15) is 17.5 Å². The predicted molar refractivity (Wildman–Crippen MR) is 232 cm³/mol. The zero-order valence-corrected chi connectivity index (χ0v) is 37.3. The Kier molecular flexibility index (Phi) is 16.5. The second-order valence-electron chi connectivity index (χ2n) is 16.5. The van der Waals surface area contributed by atoms with E-state index in [1.807, 2.05) is 42.0 Å². The molecule has 2 aliphatic carbocycles. The third-order valence-corrected chi connectivity index (χ3v) is 12.3. The van der Waals surface area contributed by atoms with Crippen LogP contribution in [-0.2, 0) is 67.7 Å². The highest BCUT2D eigenvalue weighted by atomic mass is 35.5. The van der Waals surface area contributed by atoms with Crippen molar-refractivity contribution in [2.45, 2.75) is 104 Å². The summed E-state index contributed by atoms with van der Waals surface area (Å²) in [4.78, 5) is 50.8. The lowest BCUT2D eigenvalue weighted by atomic mass is 9.80. The van der Waals surface area contributed by atoms with E-state index in [0.717, 1.165) is 72.4 Å². The van der Waals surface area contributed by atoms with Crippen LogP contribution < -0.4 is 11.1 Å². The summed E-state index contributed by atoms with van der Waals surface area (Å²) < 4.78 is 39.9. The lowest BCUT2D eigenvalue weighted by molar-refractivity contribution is -0.152. The number of benzene rings is 2. The number of hydrogen-bond acceptors (Lipinski definition) is 10. The molecule has 2 aliphatic heterocycles. The number of carbonyl (C=O) groups is 4. The standard InChI is InChI=1S/C23H29FN4O3.C16H17ClFN3O.C7H13NO2/c1-3-31-23(30)17-10-19(11-17)25-12-22(29)27-9-8-20-15(2)26-28(21(20)14-27)13-16-4-6-18(24)7-5-16;1-11-14-6-7-20(16(22)8-17)10-15(14)21(19-11)9-12-2-4-13(18)5-3-12;1-2-10-7(9)5-3-6(8)4-5/h4-7,17,19,25H,3,8-14H2,1-2H3;2-5H,6-10H2,1H3;5-6H,2-4,8H2,1H3. The number of ether oxygens (including phenoxy) is 2. The van der Waals surface area contributed by atoms with E-state index in [1.165, 1.54) is 35.4 Å². The third-order valence-electron chi connectivity index (χ3n) is 12.1. The van der Waals surface area contributed by atoms with Crippen LogP contribution in [0.1, 0.15) is 84.6 Å². The predicted octanol–water partition coefficient (Wildman–Crippen LogP) is 4.98. The lowest BCUT2D eigenvalue weighted by Crippen LogP contribution is -2.49. The summed E-state index contributed by atoms with van der Waals surface area (Å²) in [6, 6.07) is 13.2. The summed E-state index contributed by atoms with van der Waals surface area (Å²) in [5, 5.41) is 12.5. The van der Waals surface area contributed by atoms with Crippen LogP contribution in [0.4, 0.5) is 8.78 Å². The van der Waals surface area contributed by atoms with E-state index < -0.39 is 0 Å². The second-order valence-corrected chi connectivity index (χ2v) is 16.8. The van der Waals surface area contributed by atoms with Crippen molar-refractivity contribution < 1.29 is 37.4 Å². The van der Waals surface area contributed by atoms with Gasteiger partial charge in [-0.15, -0.1) is 11.6 Å². The fraction of sp³-hybridized carbons (Fsp3) is 0.522. The van der Waals surface area contributed by atoms with Crippen LogP contribution in [0, 0.1) is 37.3 Å². The average Bonchev–Trinajstić information content (AvgIpc) is 3.73. The number of fused-ring (bicyclic) bond motifs is 2. The van der Waals surface area contributed by atoms with Gasteiger partial charge in [0.15, 0.2) is 0 Å². The Balaban J connectivity index is 0.000000178. The number of amides is 2. The molecule has 2 saturated carbocycles. The number of aromatic nitrogens is 4. The largest absolute Gasteiger partial charge is 0.466 e. The molecule has 340 valence electrons. The normalized spacial score (nSPS) is 19.7. The van der Waals surface area contributed by atoms with Crippen LogP contribution in [0.2, 0.25) is 0 Å². The molecule has 4 aliphatic rings. The van der Waals surface area contributed by atoms with E-state index in [2.05, 4.69) is 15.5 Å². The quantitative estimate of drug-likeness (QED) is 0.146. The minimum atomic E-state index is -0.258. The molecule has 8 rings (SSSR count). The molecule has 4 aromatic rings. The molecule has 0 atom stereocenters. The molecule has 2 aromatic heterocycles. The van der Waals surface area contributed by atoms with Crippen LogP contribution >= 0.6 is 11.6 Å². The molecule has 17 heteroatoms. The van der Waals surface area contributed by atoms with Crippen molar-refractivity contribution in [2.75, 3.05) is 38.7 Å². The van der Waals surface area contributed by atoms with Crippen molar-refractivity contribution in [3.05, 3.63) is 105 Å². The number of hydrogen-bond donors (Lipinski definition) is 2. The van der Waals surface area contributed by atoms with Crippen molar-refractivity contribution >= 4 is 35.4 Å². The number of aryl methyl sites for hydroxylation is 2. The van der Waals surface area contributed by atoms with E-state index in [0.29, 0.717) is 52.5 Å². The van der Waals surface area contributed by atoms with Crippen molar-refractivity contribution in [1.82, 2.24) is 34.7 Å². The van der Waals surface area contributed by atoms with Gasteiger partial charge in [-0.05, 0) is 113 Å². The molecule has 63 heavy (non-hydrogen) atoms. The van der Waals surface area contributed by atoms with E-state index >= 15 is 0 Å². The first-order valence-corrected chi connectivity index (χ1v) is 22.3. The molecule has 3 N–H and O–H groups in total. The second kappa shape index (κ2) is 21.9.